The van der Waals surface area contributed by atoms with Gasteiger partial charge in [-0.25, -0.2) is 0 Å². The minimum Gasteiger partial charge on any atom is -0.448 e. The summed E-state index contributed by atoms with van der Waals surface area (Å²) in [6, 6.07) is 3.85. The van der Waals surface area contributed by atoms with Crippen LogP contribution in [0.1, 0.15) is 45.1 Å². The molecule has 3 rings (SSSR count). The van der Waals surface area contributed by atoms with E-state index < -0.39 is 5.79 Å². The van der Waals surface area contributed by atoms with Gasteiger partial charge in [-0.1, -0.05) is 11.6 Å². The molecule has 104 valence electrons. The predicted octanol–water partition coefficient (Wildman–Crippen LogP) is 3.66. The van der Waals surface area contributed by atoms with Gasteiger partial charge in [0.05, 0.1) is 0 Å². The van der Waals surface area contributed by atoms with Gasteiger partial charge in [-0.2, -0.15) is 0 Å². The molecule has 1 aliphatic carbocycles. The number of hydrogen-bond donors (Lipinski definition) is 1. The Balaban J connectivity index is 1.89. The van der Waals surface area contributed by atoms with E-state index in [-0.39, 0.29) is 5.54 Å². The summed E-state index contributed by atoms with van der Waals surface area (Å²) in [6.45, 7) is 3.98. The second-order valence-corrected chi connectivity index (χ2v) is 6.78. The lowest BCUT2D eigenvalue weighted by Gasteiger charge is -2.21. The van der Waals surface area contributed by atoms with Gasteiger partial charge in [0, 0.05) is 29.5 Å². The third-order valence-corrected chi connectivity index (χ3v) is 4.07. The van der Waals surface area contributed by atoms with Crippen LogP contribution in [0.5, 0.6) is 11.5 Å². The molecule has 1 saturated carbocycles. The lowest BCUT2D eigenvalue weighted by atomic mass is 9.96. The fourth-order valence-electron chi connectivity index (χ4n) is 2.90. The van der Waals surface area contributed by atoms with Gasteiger partial charge in [-0.15, -0.1) is 0 Å². The van der Waals surface area contributed by atoms with Crippen molar-refractivity contribution in [2.45, 2.75) is 57.3 Å². The standard InChI is InChI=1S/C15H20ClNO2/c1-14(2,17)9-10-7-12-13(8-11(10)16)19-15(18-12)5-3-4-6-15/h7-8H,3-6,9,17H2,1-2H3. The van der Waals surface area contributed by atoms with E-state index in [1.165, 1.54) is 0 Å². The summed E-state index contributed by atoms with van der Waals surface area (Å²) in [5.74, 6) is 1.15. The summed E-state index contributed by atoms with van der Waals surface area (Å²) in [5, 5.41) is 0.705. The van der Waals surface area contributed by atoms with Crippen LogP contribution in [0.4, 0.5) is 0 Å². The Morgan fingerprint density at radius 1 is 1.21 bits per heavy atom. The van der Waals surface area contributed by atoms with E-state index >= 15 is 0 Å². The van der Waals surface area contributed by atoms with Crippen molar-refractivity contribution in [1.29, 1.82) is 0 Å². The van der Waals surface area contributed by atoms with E-state index in [0.29, 0.717) is 5.02 Å². The molecule has 0 unspecified atom stereocenters. The van der Waals surface area contributed by atoms with Crippen LogP contribution in [0, 0.1) is 0 Å². The highest BCUT2D eigenvalue weighted by molar-refractivity contribution is 6.31. The van der Waals surface area contributed by atoms with Crippen molar-refractivity contribution in [2.75, 3.05) is 0 Å². The summed E-state index contributed by atoms with van der Waals surface area (Å²) in [4.78, 5) is 0. The number of rotatable bonds is 2. The Morgan fingerprint density at radius 2 is 1.79 bits per heavy atom. The number of halogens is 1. The molecule has 2 N–H and O–H groups in total. The number of fused-ring (bicyclic) bond motifs is 1. The van der Waals surface area contributed by atoms with Crippen molar-refractivity contribution in [3.8, 4) is 11.5 Å². The molecular weight excluding hydrogens is 262 g/mol. The Morgan fingerprint density at radius 3 is 2.37 bits per heavy atom. The van der Waals surface area contributed by atoms with Crippen LogP contribution < -0.4 is 15.2 Å². The molecular formula is C15H20ClNO2. The molecule has 1 fully saturated rings. The Bertz CT molecular complexity index is 502. The first-order chi connectivity index (χ1) is 8.87. The molecule has 1 aromatic rings. The van der Waals surface area contributed by atoms with E-state index in [2.05, 4.69) is 0 Å². The molecule has 0 saturated heterocycles. The number of hydrogen-bond acceptors (Lipinski definition) is 3. The molecule has 1 aliphatic heterocycles. The first-order valence-electron chi connectivity index (χ1n) is 6.86. The third-order valence-electron chi connectivity index (χ3n) is 3.72. The van der Waals surface area contributed by atoms with E-state index in [1.807, 2.05) is 26.0 Å². The zero-order valence-electron chi connectivity index (χ0n) is 11.5. The normalized spacial score (nSPS) is 20.2. The van der Waals surface area contributed by atoms with Crippen LogP contribution in [-0.4, -0.2) is 11.3 Å². The monoisotopic (exact) mass is 281 g/mol. The zero-order chi connectivity index (χ0) is 13.7. The fourth-order valence-corrected chi connectivity index (χ4v) is 3.12. The molecule has 1 heterocycles. The minimum atomic E-state index is -0.428. The number of benzene rings is 1. The largest absolute Gasteiger partial charge is 0.448 e. The van der Waals surface area contributed by atoms with Gasteiger partial charge in [-0.3, -0.25) is 0 Å². The topological polar surface area (TPSA) is 44.5 Å². The Labute approximate surface area is 119 Å². The maximum absolute atomic E-state index is 6.32. The molecule has 1 aromatic carbocycles. The molecule has 1 spiro atoms. The van der Waals surface area contributed by atoms with Crippen LogP contribution >= 0.6 is 11.6 Å². The second-order valence-electron chi connectivity index (χ2n) is 6.38. The molecule has 0 bridgehead atoms. The molecule has 3 nitrogen and oxygen atoms in total. The van der Waals surface area contributed by atoms with Crippen molar-refractivity contribution < 1.29 is 9.47 Å². The van der Waals surface area contributed by atoms with Gasteiger partial charge in [0.25, 0.3) is 5.79 Å². The van der Waals surface area contributed by atoms with Crippen LogP contribution in [0.2, 0.25) is 5.02 Å². The molecule has 0 radical (unpaired) electrons. The maximum atomic E-state index is 6.32. The molecule has 0 aromatic heterocycles. The summed E-state index contributed by atoms with van der Waals surface area (Å²) in [5.41, 5.74) is 6.80. The van der Waals surface area contributed by atoms with Gasteiger partial charge in [-0.05, 0) is 44.7 Å². The van der Waals surface area contributed by atoms with E-state index in [0.717, 1.165) is 49.2 Å². The average molecular weight is 282 g/mol. The predicted molar refractivity (Wildman–Crippen MR) is 75.9 cm³/mol. The minimum absolute atomic E-state index is 0.289. The molecule has 4 heteroatoms. The molecule has 0 amide bonds. The molecule has 0 atom stereocenters. The van der Waals surface area contributed by atoms with Gasteiger partial charge in [0.15, 0.2) is 11.5 Å². The van der Waals surface area contributed by atoms with Crippen molar-refractivity contribution in [3.05, 3.63) is 22.7 Å². The van der Waals surface area contributed by atoms with Gasteiger partial charge in [0.2, 0.25) is 0 Å². The lowest BCUT2D eigenvalue weighted by Crippen LogP contribution is -2.34. The first kappa shape index (κ1) is 13.1. The highest BCUT2D eigenvalue weighted by Gasteiger charge is 2.44. The molecule has 19 heavy (non-hydrogen) atoms. The van der Waals surface area contributed by atoms with Crippen molar-refractivity contribution in [3.63, 3.8) is 0 Å². The van der Waals surface area contributed by atoms with Crippen molar-refractivity contribution in [1.82, 2.24) is 0 Å². The van der Waals surface area contributed by atoms with Crippen LogP contribution in [-0.2, 0) is 6.42 Å². The SMILES string of the molecule is CC(C)(N)Cc1cc2c(cc1Cl)OC1(CCCC1)O2. The van der Waals surface area contributed by atoms with Gasteiger partial charge in [0.1, 0.15) is 0 Å². The second kappa shape index (κ2) is 4.29. The summed E-state index contributed by atoms with van der Waals surface area (Å²) in [6.07, 6.45) is 4.94. The maximum Gasteiger partial charge on any atom is 0.251 e. The highest BCUT2D eigenvalue weighted by atomic mass is 35.5. The summed E-state index contributed by atoms with van der Waals surface area (Å²) >= 11 is 6.32. The number of ether oxygens (including phenoxy) is 2. The Hall–Kier alpha value is -0.930. The van der Waals surface area contributed by atoms with Crippen LogP contribution in [0.25, 0.3) is 0 Å². The Kier molecular flexibility index (Phi) is 2.95. The quantitative estimate of drug-likeness (QED) is 0.900. The average Bonchev–Trinajstić information content (AvgIpc) is 2.84. The van der Waals surface area contributed by atoms with Gasteiger partial charge < -0.3 is 15.2 Å². The van der Waals surface area contributed by atoms with Crippen molar-refractivity contribution >= 4 is 11.6 Å². The first-order valence-corrected chi connectivity index (χ1v) is 7.24. The summed E-state index contributed by atoms with van der Waals surface area (Å²) < 4.78 is 12.0. The van der Waals surface area contributed by atoms with Crippen molar-refractivity contribution in [2.24, 2.45) is 5.73 Å². The third kappa shape index (κ3) is 2.54. The van der Waals surface area contributed by atoms with E-state index in [9.17, 15) is 0 Å². The zero-order valence-corrected chi connectivity index (χ0v) is 12.2. The summed E-state index contributed by atoms with van der Waals surface area (Å²) in [7, 11) is 0. The van der Waals surface area contributed by atoms with E-state index in [4.69, 9.17) is 26.8 Å². The highest BCUT2D eigenvalue weighted by Crippen LogP contribution is 2.48. The molecule has 2 aliphatic rings. The fraction of sp³-hybridized carbons (Fsp3) is 0.600. The lowest BCUT2D eigenvalue weighted by molar-refractivity contribution is -0.0716. The van der Waals surface area contributed by atoms with Crippen LogP contribution in [0.3, 0.4) is 0 Å². The van der Waals surface area contributed by atoms with Gasteiger partial charge >= 0.3 is 0 Å². The van der Waals surface area contributed by atoms with Crippen LogP contribution in [0.15, 0.2) is 12.1 Å². The van der Waals surface area contributed by atoms with E-state index in [1.54, 1.807) is 0 Å². The number of nitrogens with two attached hydrogens (primary N) is 1. The smallest absolute Gasteiger partial charge is 0.251 e.